The summed E-state index contributed by atoms with van der Waals surface area (Å²) >= 11 is 0. The summed E-state index contributed by atoms with van der Waals surface area (Å²) in [5.74, 6) is 0.937. The van der Waals surface area contributed by atoms with Gasteiger partial charge in [-0.3, -0.25) is 9.48 Å². The molecule has 4 rings (SSSR count). The van der Waals surface area contributed by atoms with Crippen molar-refractivity contribution >= 4 is 22.5 Å². The minimum absolute atomic E-state index is 0.0448. The number of fused-ring (bicyclic) bond motifs is 1. The molecule has 1 aliphatic heterocycles. The molecule has 25 heavy (non-hydrogen) atoms. The lowest BCUT2D eigenvalue weighted by molar-refractivity contribution is 0.0746. The van der Waals surface area contributed by atoms with E-state index in [1.165, 1.54) is 0 Å². The molecule has 1 saturated heterocycles. The van der Waals surface area contributed by atoms with Crippen LogP contribution in [0.4, 0.5) is 5.82 Å². The van der Waals surface area contributed by atoms with E-state index in [1.807, 2.05) is 36.2 Å². The number of hydrogen-bond donors (Lipinski definition) is 0. The zero-order chi connectivity index (χ0) is 17.2. The summed E-state index contributed by atoms with van der Waals surface area (Å²) in [5.41, 5.74) is 0.653. The quantitative estimate of drug-likeness (QED) is 0.730. The second-order valence-electron chi connectivity index (χ2n) is 6.12. The predicted molar refractivity (Wildman–Crippen MR) is 95.6 cm³/mol. The summed E-state index contributed by atoms with van der Waals surface area (Å²) in [6, 6.07) is 8.12. The number of aryl methyl sites for hydroxylation is 1. The Morgan fingerprint density at radius 1 is 1.12 bits per heavy atom. The van der Waals surface area contributed by atoms with Crippen LogP contribution < -0.4 is 4.90 Å². The second kappa shape index (κ2) is 6.51. The molecule has 1 aliphatic rings. The Bertz CT molecular complexity index is 892. The van der Waals surface area contributed by atoms with Gasteiger partial charge in [-0.2, -0.15) is 10.2 Å². The highest BCUT2D eigenvalue weighted by atomic mass is 16.2. The number of benzene rings is 1. The van der Waals surface area contributed by atoms with Crippen LogP contribution >= 0.6 is 0 Å². The van der Waals surface area contributed by atoms with E-state index in [2.05, 4.69) is 26.3 Å². The number of rotatable bonds is 3. The molecule has 3 aromatic rings. The van der Waals surface area contributed by atoms with Crippen LogP contribution in [0.25, 0.3) is 10.8 Å². The number of nitrogens with zero attached hydrogens (tertiary/aromatic N) is 6. The molecular formula is C18H20N6O. The number of hydrogen-bond acceptors (Lipinski definition) is 5. The van der Waals surface area contributed by atoms with Gasteiger partial charge in [-0.1, -0.05) is 24.3 Å². The van der Waals surface area contributed by atoms with E-state index in [4.69, 9.17) is 0 Å². The third-order valence-electron chi connectivity index (χ3n) is 4.62. The number of piperazine rings is 1. The molecule has 0 unspecified atom stereocenters. The fourth-order valence-electron chi connectivity index (χ4n) is 3.20. The molecule has 0 radical (unpaired) electrons. The first-order valence-corrected chi connectivity index (χ1v) is 8.53. The maximum absolute atomic E-state index is 12.6. The highest BCUT2D eigenvalue weighted by molar-refractivity contribution is 5.94. The van der Waals surface area contributed by atoms with E-state index in [9.17, 15) is 4.79 Å². The minimum atomic E-state index is 0.0448. The maximum Gasteiger partial charge on any atom is 0.257 e. The molecule has 128 valence electrons. The second-order valence-corrected chi connectivity index (χ2v) is 6.12. The fourth-order valence-corrected chi connectivity index (χ4v) is 3.20. The van der Waals surface area contributed by atoms with Crippen molar-refractivity contribution in [1.82, 2.24) is 24.9 Å². The van der Waals surface area contributed by atoms with Gasteiger partial charge in [0.25, 0.3) is 5.91 Å². The van der Waals surface area contributed by atoms with E-state index < -0.39 is 0 Å². The van der Waals surface area contributed by atoms with Crippen LogP contribution in [0.3, 0.4) is 0 Å². The molecular weight excluding hydrogens is 316 g/mol. The smallest absolute Gasteiger partial charge is 0.257 e. The fraction of sp³-hybridized carbons (Fsp3) is 0.333. The monoisotopic (exact) mass is 336 g/mol. The predicted octanol–water partition coefficient (Wildman–Crippen LogP) is 1.81. The Labute approximate surface area is 145 Å². The normalized spacial score (nSPS) is 14.9. The first-order chi connectivity index (χ1) is 12.3. The van der Waals surface area contributed by atoms with Crippen LogP contribution in [-0.4, -0.2) is 57.0 Å². The van der Waals surface area contributed by atoms with Crippen LogP contribution in [0, 0.1) is 0 Å². The molecule has 7 nitrogen and oxygen atoms in total. The molecule has 1 fully saturated rings. The number of amides is 1. The van der Waals surface area contributed by atoms with Gasteiger partial charge >= 0.3 is 0 Å². The van der Waals surface area contributed by atoms with Crippen molar-refractivity contribution in [3.05, 3.63) is 48.4 Å². The van der Waals surface area contributed by atoms with Gasteiger partial charge in [0.05, 0.1) is 18.0 Å². The van der Waals surface area contributed by atoms with Gasteiger partial charge < -0.3 is 9.80 Å². The van der Waals surface area contributed by atoms with Gasteiger partial charge in [0, 0.05) is 49.7 Å². The van der Waals surface area contributed by atoms with Crippen LogP contribution in [-0.2, 0) is 6.54 Å². The number of carbonyl (C=O) groups excluding carboxylic acids is 1. The molecule has 3 heterocycles. The number of aromatic nitrogens is 4. The lowest BCUT2D eigenvalue weighted by Crippen LogP contribution is -2.49. The van der Waals surface area contributed by atoms with Crippen LogP contribution in [0.5, 0.6) is 0 Å². The molecule has 0 aliphatic carbocycles. The highest BCUT2D eigenvalue weighted by Crippen LogP contribution is 2.24. The van der Waals surface area contributed by atoms with Gasteiger partial charge in [-0.15, -0.1) is 5.10 Å². The third-order valence-corrected chi connectivity index (χ3v) is 4.62. The van der Waals surface area contributed by atoms with E-state index in [-0.39, 0.29) is 5.91 Å². The van der Waals surface area contributed by atoms with E-state index in [0.29, 0.717) is 18.7 Å². The Kier molecular flexibility index (Phi) is 4.05. The molecule has 0 N–H and O–H groups in total. The van der Waals surface area contributed by atoms with E-state index in [0.717, 1.165) is 36.2 Å². The van der Waals surface area contributed by atoms with Crippen LogP contribution in [0.2, 0.25) is 0 Å². The average Bonchev–Trinajstić information content (AvgIpc) is 3.16. The zero-order valence-corrected chi connectivity index (χ0v) is 14.2. The van der Waals surface area contributed by atoms with Crippen molar-refractivity contribution in [2.24, 2.45) is 0 Å². The van der Waals surface area contributed by atoms with Crippen molar-refractivity contribution in [1.29, 1.82) is 0 Å². The molecule has 2 aromatic heterocycles. The summed E-state index contributed by atoms with van der Waals surface area (Å²) in [7, 11) is 0. The lowest BCUT2D eigenvalue weighted by atomic mass is 10.1. The highest BCUT2D eigenvalue weighted by Gasteiger charge is 2.24. The Balaban J connectivity index is 1.48. The summed E-state index contributed by atoms with van der Waals surface area (Å²) in [6.07, 6.45) is 5.24. The van der Waals surface area contributed by atoms with Crippen molar-refractivity contribution in [2.45, 2.75) is 13.5 Å². The zero-order valence-electron chi connectivity index (χ0n) is 14.2. The molecule has 0 bridgehead atoms. The summed E-state index contributed by atoms with van der Waals surface area (Å²) in [5, 5.41) is 14.8. The molecule has 0 atom stereocenters. The minimum Gasteiger partial charge on any atom is -0.351 e. The first-order valence-electron chi connectivity index (χ1n) is 8.53. The van der Waals surface area contributed by atoms with Gasteiger partial charge in [0.2, 0.25) is 0 Å². The maximum atomic E-state index is 12.6. The van der Waals surface area contributed by atoms with Gasteiger partial charge in [0.15, 0.2) is 5.82 Å². The Hall–Kier alpha value is -2.96. The largest absolute Gasteiger partial charge is 0.351 e. The number of anilines is 1. The molecule has 0 saturated carbocycles. The number of carbonyl (C=O) groups is 1. The van der Waals surface area contributed by atoms with Crippen molar-refractivity contribution in [3.63, 3.8) is 0 Å². The third kappa shape index (κ3) is 2.93. The lowest BCUT2D eigenvalue weighted by Gasteiger charge is -2.35. The van der Waals surface area contributed by atoms with Crippen LogP contribution in [0.15, 0.2) is 42.9 Å². The Morgan fingerprint density at radius 2 is 1.92 bits per heavy atom. The molecule has 7 heteroatoms. The SMILES string of the molecule is CCn1cc(C(=O)N2CCN(c3nncc4ccccc34)CC2)cn1. The standard InChI is InChI=1S/C18H20N6O/c1-2-24-13-15(12-20-24)18(25)23-9-7-22(8-10-23)17-16-6-4-3-5-14(16)11-19-21-17/h3-6,11-13H,2,7-10H2,1H3. The topological polar surface area (TPSA) is 67.2 Å². The van der Waals surface area contributed by atoms with E-state index >= 15 is 0 Å². The first kappa shape index (κ1) is 15.6. The van der Waals surface area contributed by atoms with Crippen LogP contribution in [0.1, 0.15) is 17.3 Å². The van der Waals surface area contributed by atoms with E-state index in [1.54, 1.807) is 17.1 Å². The average molecular weight is 336 g/mol. The molecule has 0 spiro atoms. The Morgan fingerprint density at radius 3 is 2.68 bits per heavy atom. The van der Waals surface area contributed by atoms with Gasteiger partial charge in [-0.05, 0) is 6.92 Å². The van der Waals surface area contributed by atoms with Crippen molar-refractivity contribution in [2.75, 3.05) is 31.1 Å². The summed E-state index contributed by atoms with van der Waals surface area (Å²) in [6.45, 7) is 5.60. The molecule has 1 aromatic carbocycles. The molecule has 1 amide bonds. The van der Waals surface area contributed by atoms with Crippen molar-refractivity contribution in [3.8, 4) is 0 Å². The van der Waals surface area contributed by atoms with Gasteiger partial charge in [0.1, 0.15) is 0 Å². The summed E-state index contributed by atoms with van der Waals surface area (Å²) < 4.78 is 1.77. The van der Waals surface area contributed by atoms with Crippen molar-refractivity contribution < 1.29 is 4.79 Å². The summed E-state index contributed by atoms with van der Waals surface area (Å²) in [4.78, 5) is 16.7. The van der Waals surface area contributed by atoms with Gasteiger partial charge in [-0.25, -0.2) is 0 Å².